The highest BCUT2D eigenvalue weighted by atomic mass is 16.5. The van der Waals surface area contributed by atoms with Crippen molar-refractivity contribution in [2.75, 3.05) is 39.3 Å². The smallest absolute Gasteiger partial charge is 0.306 e. The molecule has 0 atom stereocenters. The van der Waals surface area contributed by atoms with Gasteiger partial charge in [0, 0.05) is 19.5 Å². The minimum atomic E-state index is -0.379. The highest BCUT2D eigenvalue weighted by molar-refractivity contribution is 5.82. The second kappa shape index (κ2) is 11.4. The fourth-order valence-corrected chi connectivity index (χ4v) is 1.81. The molecule has 0 aliphatic rings. The Labute approximate surface area is 121 Å². The SMILES string of the molecule is CCOC(=O)CCC(=O)N(CC=O)CCN(CC)CC. The van der Waals surface area contributed by atoms with Crippen molar-refractivity contribution in [1.29, 1.82) is 0 Å². The van der Waals surface area contributed by atoms with Gasteiger partial charge in [-0.2, -0.15) is 0 Å². The normalized spacial score (nSPS) is 10.4. The molecule has 0 rings (SSSR count). The van der Waals surface area contributed by atoms with E-state index in [1.165, 1.54) is 4.90 Å². The lowest BCUT2D eigenvalue weighted by Crippen LogP contribution is -2.39. The van der Waals surface area contributed by atoms with Crippen LogP contribution in [-0.2, 0) is 19.1 Å². The summed E-state index contributed by atoms with van der Waals surface area (Å²) >= 11 is 0. The summed E-state index contributed by atoms with van der Waals surface area (Å²) in [6, 6.07) is 0. The number of carbonyl (C=O) groups excluding carboxylic acids is 3. The van der Waals surface area contributed by atoms with Crippen LogP contribution in [0.4, 0.5) is 0 Å². The molecule has 0 aromatic rings. The van der Waals surface area contributed by atoms with Crippen molar-refractivity contribution >= 4 is 18.2 Å². The summed E-state index contributed by atoms with van der Waals surface area (Å²) in [5.41, 5.74) is 0. The zero-order valence-corrected chi connectivity index (χ0v) is 12.8. The summed E-state index contributed by atoms with van der Waals surface area (Å²) in [5, 5.41) is 0. The third-order valence-electron chi connectivity index (χ3n) is 3.08. The molecule has 0 saturated heterocycles. The Morgan fingerprint density at radius 2 is 1.70 bits per heavy atom. The van der Waals surface area contributed by atoms with E-state index in [2.05, 4.69) is 18.7 Å². The van der Waals surface area contributed by atoms with Gasteiger partial charge in [-0.05, 0) is 20.0 Å². The van der Waals surface area contributed by atoms with Crippen molar-refractivity contribution < 1.29 is 19.1 Å². The van der Waals surface area contributed by atoms with Crippen molar-refractivity contribution in [2.45, 2.75) is 33.6 Å². The van der Waals surface area contributed by atoms with Crippen LogP contribution in [0.3, 0.4) is 0 Å². The van der Waals surface area contributed by atoms with E-state index in [1.807, 2.05) is 0 Å². The summed E-state index contributed by atoms with van der Waals surface area (Å²) in [5.74, 6) is -0.562. The van der Waals surface area contributed by atoms with Crippen LogP contribution in [0.25, 0.3) is 0 Å². The monoisotopic (exact) mass is 286 g/mol. The molecule has 0 aromatic carbocycles. The molecule has 1 amide bonds. The molecule has 0 bridgehead atoms. The second-order valence-electron chi connectivity index (χ2n) is 4.34. The first kappa shape index (κ1) is 18.6. The van der Waals surface area contributed by atoms with Crippen molar-refractivity contribution in [3.63, 3.8) is 0 Å². The number of aldehydes is 1. The molecular weight excluding hydrogens is 260 g/mol. The lowest BCUT2D eigenvalue weighted by molar-refractivity contribution is -0.145. The summed E-state index contributed by atoms with van der Waals surface area (Å²) in [6.45, 7) is 9.25. The predicted octanol–water partition coefficient (Wildman–Crippen LogP) is 0.699. The number of hydrogen-bond donors (Lipinski definition) is 0. The molecule has 116 valence electrons. The molecule has 0 radical (unpaired) electrons. The minimum absolute atomic E-state index is 0.0628. The fraction of sp³-hybridized carbons (Fsp3) is 0.786. The van der Waals surface area contributed by atoms with E-state index in [0.29, 0.717) is 19.4 Å². The number of amides is 1. The van der Waals surface area contributed by atoms with E-state index in [9.17, 15) is 14.4 Å². The van der Waals surface area contributed by atoms with Crippen LogP contribution < -0.4 is 0 Å². The molecule has 0 N–H and O–H groups in total. The van der Waals surface area contributed by atoms with Gasteiger partial charge in [-0.25, -0.2) is 0 Å². The first-order valence-electron chi connectivity index (χ1n) is 7.18. The van der Waals surface area contributed by atoms with Crippen LogP contribution >= 0.6 is 0 Å². The molecule has 6 heteroatoms. The summed E-state index contributed by atoms with van der Waals surface area (Å²) < 4.78 is 4.78. The highest BCUT2D eigenvalue weighted by Gasteiger charge is 2.15. The Morgan fingerprint density at radius 3 is 2.20 bits per heavy atom. The summed E-state index contributed by atoms with van der Waals surface area (Å²) in [7, 11) is 0. The average Bonchev–Trinajstić information content (AvgIpc) is 2.45. The van der Waals surface area contributed by atoms with Gasteiger partial charge in [-0.3, -0.25) is 9.59 Å². The van der Waals surface area contributed by atoms with Crippen LogP contribution in [0.15, 0.2) is 0 Å². The van der Waals surface area contributed by atoms with Gasteiger partial charge in [0.15, 0.2) is 0 Å². The Bertz CT molecular complexity index is 304. The highest BCUT2D eigenvalue weighted by Crippen LogP contribution is 2.00. The number of likely N-dealkylation sites (N-methyl/N-ethyl adjacent to an activating group) is 1. The first-order chi connectivity index (χ1) is 9.58. The van der Waals surface area contributed by atoms with E-state index in [-0.39, 0.29) is 31.3 Å². The van der Waals surface area contributed by atoms with E-state index in [0.717, 1.165) is 19.6 Å². The molecule has 0 heterocycles. The van der Waals surface area contributed by atoms with E-state index < -0.39 is 0 Å². The molecule has 0 saturated carbocycles. The zero-order chi connectivity index (χ0) is 15.4. The Hall–Kier alpha value is -1.43. The van der Waals surface area contributed by atoms with Gasteiger partial charge < -0.3 is 19.3 Å². The molecule has 0 fully saturated rings. The maximum atomic E-state index is 12.0. The van der Waals surface area contributed by atoms with Crippen molar-refractivity contribution in [2.24, 2.45) is 0 Å². The molecule has 0 unspecified atom stereocenters. The summed E-state index contributed by atoms with van der Waals surface area (Å²) in [6.07, 6.45) is 0.864. The van der Waals surface area contributed by atoms with Crippen LogP contribution in [0.2, 0.25) is 0 Å². The zero-order valence-electron chi connectivity index (χ0n) is 12.8. The molecule has 0 aromatic heterocycles. The minimum Gasteiger partial charge on any atom is -0.466 e. The Balaban J connectivity index is 4.24. The van der Waals surface area contributed by atoms with E-state index in [1.54, 1.807) is 6.92 Å². The van der Waals surface area contributed by atoms with E-state index in [4.69, 9.17) is 4.74 Å². The van der Waals surface area contributed by atoms with Gasteiger partial charge in [0.1, 0.15) is 6.29 Å². The van der Waals surface area contributed by atoms with Crippen LogP contribution in [0.1, 0.15) is 33.6 Å². The number of hydrogen-bond acceptors (Lipinski definition) is 5. The van der Waals surface area contributed by atoms with Gasteiger partial charge >= 0.3 is 5.97 Å². The maximum absolute atomic E-state index is 12.0. The van der Waals surface area contributed by atoms with Gasteiger partial charge in [0.25, 0.3) is 0 Å². The molecule has 20 heavy (non-hydrogen) atoms. The molecule has 0 aliphatic heterocycles. The molecule has 0 aliphatic carbocycles. The first-order valence-corrected chi connectivity index (χ1v) is 7.18. The van der Waals surface area contributed by atoms with Gasteiger partial charge in [-0.15, -0.1) is 0 Å². The number of carbonyl (C=O) groups is 3. The fourth-order valence-electron chi connectivity index (χ4n) is 1.81. The molecule has 0 spiro atoms. The topological polar surface area (TPSA) is 66.9 Å². The van der Waals surface area contributed by atoms with Gasteiger partial charge in [-0.1, -0.05) is 13.8 Å². The Morgan fingerprint density at radius 1 is 1.05 bits per heavy atom. The lowest BCUT2D eigenvalue weighted by Gasteiger charge is -2.25. The lowest BCUT2D eigenvalue weighted by atomic mass is 10.2. The standard InChI is InChI=1S/C14H26N2O4/c1-4-15(5-2)9-10-16(11-12-17)13(18)7-8-14(19)20-6-3/h12H,4-11H2,1-3H3. The van der Waals surface area contributed by atoms with E-state index >= 15 is 0 Å². The predicted molar refractivity (Wildman–Crippen MR) is 76.3 cm³/mol. The summed E-state index contributed by atoms with van der Waals surface area (Å²) in [4.78, 5) is 37.5. The maximum Gasteiger partial charge on any atom is 0.306 e. The van der Waals surface area contributed by atoms with Crippen molar-refractivity contribution in [1.82, 2.24) is 9.80 Å². The van der Waals surface area contributed by atoms with Crippen LogP contribution in [0, 0.1) is 0 Å². The average molecular weight is 286 g/mol. The third kappa shape index (κ3) is 7.89. The largest absolute Gasteiger partial charge is 0.466 e. The van der Waals surface area contributed by atoms with Crippen molar-refractivity contribution in [3.8, 4) is 0 Å². The number of ether oxygens (including phenoxy) is 1. The molecule has 6 nitrogen and oxygen atoms in total. The van der Waals surface area contributed by atoms with Crippen LogP contribution in [-0.4, -0.2) is 67.3 Å². The second-order valence-corrected chi connectivity index (χ2v) is 4.34. The third-order valence-corrected chi connectivity index (χ3v) is 3.08. The van der Waals surface area contributed by atoms with Gasteiger partial charge in [0.2, 0.25) is 5.91 Å². The number of rotatable bonds is 11. The number of nitrogens with zero attached hydrogens (tertiary/aromatic N) is 2. The van der Waals surface area contributed by atoms with Crippen molar-refractivity contribution in [3.05, 3.63) is 0 Å². The quantitative estimate of drug-likeness (QED) is 0.413. The number of esters is 1. The Kier molecular flexibility index (Phi) is 10.6. The van der Waals surface area contributed by atoms with Gasteiger partial charge in [0.05, 0.1) is 19.6 Å². The van der Waals surface area contributed by atoms with Crippen LogP contribution in [0.5, 0.6) is 0 Å². The molecular formula is C14H26N2O4.